The van der Waals surface area contributed by atoms with E-state index in [2.05, 4.69) is 20.4 Å². The molecule has 0 N–H and O–H groups in total. The highest BCUT2D eigenvalue weighted by Crippen LogP contribution is 2.06. The molecular weight excluding hydrogens is 148 g/mol. The number of rotatable bonds is 8. The predicted molar refractivity (Wildman–Crippen MR) is 54.4 cm³/mol. The summed E-state index contributed by atoms with van der Waals surface area (Å²) in [4.78, 5) is 0. The minimum Gasteiger partial charge on any atom is -0.374 e. The fourth-order valence-corrected chi connectivity index (χ4v) is 1.05. The van der Waals surface area contributed by atoms with Gasteiger partial charge in [0.1, 0.15) is 0 Å². The molecule has 0 aromatic carbocycles. The Morgan fingerprint density at radius 2 is 1.92 bits per heavy atom. The predicted octanol–water partition coefficient (Wildman–Crippen LogP) is 3.55. The number of unbranched alkanes of at least 4 members (excludes halogenated alkanes) is 2. The Labute approximate surface area is 76.8 Å². The fraction of sp³-hybridized carbons (Fsp3) is 0.818. The largest absolute Gasteiger partial charge is 0.374 e. The number of hydrogen-bond acceptors (Lipinski definition) is 1. The van der Waals surface area contributed by atoms with Gasteiger partial charge >= 0.3 is 0 Å². The van der Waals surface area contributed by atoms with E-state index in [-0.39, 0.29) is 6.10 Å². The Morgan fingerprint density at radius 1 is 1.25 bits per heavy atom. The molecule has 0 saturated heterocycles. The zero-order chi connectivity index (χ0) is 9.23. The third-order valence-electron chi connectivity index (χ3n) is 1.93. The van der Waals surface area contributed by atoms with Crippen molar-refractivity contribution in [2.75, 3.05) is 6.61 Å². The van der Waals surface area contributed by atoms with Gasteiger partial charge in [-0.15, -0.1) is 6.58 Å². The van der Waals surface area contributed by atoms with Crippen LogP contribution in [0.1, 0.15) is 46.0 Å². The van der Waals surface area contributed by atoms with Crippen LogP contribution in [0.4, 0.5) is 0 Å². The van der Waals surface area contributed by atoms with Gasteiger partial charge in [-0.3, -0.25) is 0 Å². The highest BCUT2D eigenvalue weighted by Gasteiger charge is 2.01. The van der Waals surface area contributed by atoms with E-state index in [1.54, 1.807) is 0 Å². The quantitative estimate of drug-likeness (QED) is 0.400. The molecule has 0 aliphatic carbocycles. The molecule has 0 bridgehead atoms. The van der Waals surface area contributed by atoms with E-state index < -0.39 is 0 Å². The molecule has 0 saturated carbocycles. The Kier molecular flexibility index (Phi) is 8.57. The van der Waals surface area contributed by atoms with Crippen molar-refractivity contribution in [2.24, 2.45) is 0 Å². The highest BCUT2D eigenvalue weighted by atomic mass is 16.5. The SMILES string of the molecule is C=CC(CCCC)OCCCC. The number of ether oxygens (including phenoxy) is 1. The summed E-state index contributed by atoms with van der Waals surface area (Å²) < 4.78 is 5.62. The third-order valence-corrected chi connectivity index (χ3v) is 1.93. The van der Waals surface area contributed by atoms with Gasteiger partial charge in [0, 0.05) is 6.61 Å². The first-order valence-electron chi connectivity index (χ1n) is 5.09. The zero-order valence-corrected chi connectivity index (χ0v) is 8.51. The molecule has 0 aliphatic rings. The first-order chi connectivity index (χ1) is 5.85. The van der Waals surface area contributed by atoms with Gasteiger partial charge in [0.2, 0.25) is 0 Å². The first-order valence-corrected chi connectivity index (χ1v) is 5.09. The normalized spacial score (nSPS) is 12.8. The van der Waals surface area contributed by atoms with Crippen molar-refractivity contribution in [3.63, 3.8) is 0 Å². The molecule has 0 amide bonds. The summed E-state index contributed by atoms with van der Waals surface area (Å²) >= 11 is 0. The van der Waals surface area contributed by atoms with Crippen LogP contribution in [0.3, 0.4) is 0 Å². The van der Waals surface area contributed by atoms with Gasteiger partial charge in [0.15, 0.2) is 0 Å². The molecule has 1 heteroatoms. The van der Waals surface area contributed by atoms with Crippen LogP contribution >= 0.6 is 0 Å². The monoisotopic (exact) mass is 170 g/mol. The second kappa shape index (κ2) is 8.79. The minimum atomic E-state index is 0.288. The lowest BCUT2D eigenvalue weighted by Crippen LogP contribution is -2.10. The maximum atomic E-state index is 5.62. The average Bonchev–Trinajstić information content (AvgIpc) is 2.11. The van der Waals surface area contributed by atoms with Crippen LogP contribution in [0.25, 0.3) is 0 Å². The van der Waals surface area contributed by atoms with Crippen LogP contribution < -0.4 is 0 Å². The minimum absolute atomic E-state index is 0.288. The van der Waals surface area contributed by atoms with Gasteiger partial charge in [0.05, 0.1) is 6.10 Å². The lowest BCUT2D eigenvalue weighted by molar-refractivity contribution is 0.0760. The lowest BCUT2D eigenvalue weighted by Gasteiger charge is -2.12. The van der Waals surface area contributed by atoms with E-state index in [0.29, 0.717) is 0 Å². The van der Waals surface area contributed by atoms with Gasteiger partial charge < -0.3 is 4.74 Å². The molecular formula is C11H22O. The molecule has 0 rings (SSSR count). The van der Waals surface area contributed by atoms with E-state index >= 15 is 0 Å². The Hall–Kier alpha value is -0.300. The maximum Gasteiger partial charge on any atom is 0.0753 e. The van der Waals surface area contributed by atoms with Gasteiger partial charge in [-0.1, -0.05) is 39.2 Å². The van der Waals surface area contributed by atoms with E-state index in [1.165, 1.54) is 19.3 Å². The van der Waals surface area contributed by atoms with Crippen molar-refractivity contribution < 1.29 is 4.74 Å². The fourth-order valence-electron chi connectivity index (χ4n) is 1.05. The van der Waals surface area contributed by atoms with Gasteiger partial charge in [-0.2, -0.15) is 0 Å². The van der Waals surface area contributed by atoms with Crippen LogP contribution in [0, 0.1) is 0 Å². The Balaban J connectivity index is 3.32. The zero-order valence-electron chi connectivity index (χ0n) is 8.51. The first kappa shape index (κ1) is 11.7. The summed E-state index contributed by atoms with van der Waals surface area (Å²) in [5.41, 5.74) is 0. The van der Waals surface area contributed by atoms with Gasteiger partial charge in [-0.05, 0) is 12.8 Å². The second-order valence-electron chi connectivity index (χ2n) is 3.14. The van der Waals surface area contributed by atoms with E-state index in [1.807, 2.05) is 6.08 Å². The molecule has 0 fully saturated rings. The lowest BCUT2D eigenvalue weighted by atomic mass is 10.1. The molecule has 0 radical (unpaired) electrons. The molecule has 0 heterocycles. The van der Waals surface area contributed by atoms with Crippen LogP contribution in [0.15, 0.2) is 12.7 Å². The van der Waals surface area contributed by atoms with Gasteiger partial charge in [-0.25, -0.2) is 0 Å². The van der Waals surface area contributed by atoms with Crippen molar-refractivity contribution >= 4 is 0 Å². The summed E-state index contributed by atoms with van der Waals surface area (Å²) in [6, 6.07) is 0. The maximum absolute atomic E-state index is 5.62. The highest BCUT2D eigenvalue weighted by molar-refractivity contribution is 4.79. The second-order valence-corrected chi connectivity index (χ2v) is 3.14. The van der Waals surface area contributed by atoms with Crippen molar-refractivity contribution in [1.82, 2.24) is 0 Å². The molecule has 1 unspecified atom stereocenters. The van der Waals surface area contributed by atoms with Crippen LogP contribution in [-0.2, 0) is 4.74 Å². The smallest absolute Gasteiger partial charge is 0.0753 e. The molecule has 0 spiro atoms. The topological polar surface area (TPSA) is 9.23 Å². The van der Waals surface area contributed by atoms with Crippen LogP contribution in [0.2, 0.25) is 0 Å². The van der Waals surface area contributed by atoms with Crippen molar-refractivity contribution in [3.05, 3.63) is 12.7 Å². The summed E-state index contributed by atoms with van der Waals surface area (Å²) in [6.45, 7) is 9.03. The van der Waals surface area contributed by atoms with Gasteiger partial charge in [0.25, 0.3) is 0 Å². The summed E-state index contributed by atoms with van der Waals surface area (Å²) in [7, 11) is 0. The summed E-state index contributed by atoms with van der Waals surface area (Å²) in [5, 5.41) is 0. The molecule has 1 atom stereocenters. The van der Waals surface area contributed by atoms with E-state index in [9.17, 15) is 0 Å². The van der Waals surface area contributed by atoms with Crippen LogP contribution in [0.5, 0.6) is 0 Å². The molecule has 0 aromatic heterocycles. The third kappa shape index (κ3) is 6.41. The molecule has 1 nitrogen and oxygen atoms in total. The standard InChI is InChI=1S/C11H22O/c1-4-7-9-11(6-3)12-10-8-5-2/h6,11H,3-5,7-10H2,1-2H3. The Morgan fingerprint density at radius 3 is 2.42 bits per heavy atom. The van der Waals surface area contributed by atoms with E-state index in [0.717, 1.165) is 19.4 Å². The summed E-state index contributed by atoms with van der Waals surface area (Å²) in [5.74, 6) is 0. The average molecular weight is 170 g/mol. The molecule has 0 aliphatic heterocycles. The number of hydrogen-bond donors (Lipinski definition) is 0. The van der Waals surface area contributed by atoms with Crippen molar-refractivity contribution in [1.29, 1.82) is 0 Å². The molecule has 12 heavy (non-hydrogen) atoms. The molecule has 72 valence electrons. The van der Waals surface area contributed by atoms with Crippen molar-refractivity contribution in [2.45, 2.75) is 52.1 Å². The Bertz CT molecular complexity index is 99.2. The van der Waals surface area contributed by atoms with Crippen LogP contribution in [-0.4, -0.2) is 12.7 Å². The molecule has 0 aromatic rings. The van der Waals surface area contributed by atoms with E-state index in [4.69, 9.17) is 4.74 Å². The van der Waals surface area contributed by atoms with Crippen molar-refractivity contribution in [3.8, 4) is 0 Å². The summed E-state index contributed by atoms with van der Waals surface area (Å²) in [6.07, 6.45) is 8.18.